The van der Waals surface area contributed by atoms with Gasteiger partial charge in [-0.25, -0.2) is 4.98 Å². The van der Waals surface area contributed by atoms with Gasteiger partial charge in [0.2, 0.25) is 5.88 Å². The van der Waals surface area contributed by atoms with E-state index in [2.05, 4.69) is 33.9 Å². The van der Waals surface area contributed by atoms with Crippen LogP contribution in [0.25, 0.3) is 0 Å². The van der Waals surface area contributed by atoms with Crippen LogP contribution in [0.2, 0.25) is 0 Å². The van der Waals surface area contributed by atoms with Gasteiger partial charge in [-0.05, 0) is 26.5 Å². The summed E-state index contributed by atoms with van der Waals surface area (Å²) in [5.74, 6) is -0.0233. The fourth-order valence-electron chi connectivity index (χ4n) is 2.24. The van der Waals surface area contributed by atoms with E-state index < -0.39 is 12.8 Å². The lowest BCUT2D eigenvalue weighted by Crippen LogP contribution is -2.24. The molecular weight excluding hydrogens is 271 g/mol. The van der Waals surface area contributed by atoms with Crippen LogP contribution in [0.15, 0.2) is 18.3 Å². The third kappa shape index (κ3) is 4.26. The van der Waals surface area contributed by atoms with Crippen molar-refractivity contribution in [1.29, 1.82) is 0 Å². The number of ether oxygens (including phenoxy) is 1. The van der Waals surface area contributed by atoms with E-state index >= 15 is 0 Å². The Morgan fingerprint density at radius 2 is 2.20 bits per heavy atom. The molecule has 1 aromatic rings. The van der Waals surface area contributed by atoms with E-state index in [1.54, 1.807) is 6.07 Å². The topological polar surface area (TPSA) is 37.4 Å². The zero-order valence-electron chi connectivity index (χ0n) is 11.4. The number of hydrogen-bond acceptors (Lipinski definition) is 4. The van der Waals surface area contributed by atoms with Gasteiger partial charge in [-0.3, -0.25) is 0 Å². The van der Waals surface area contributed by atoms with Crippen molar-refractivity contribution in [3.05, 3.63) is 18.3 Å². The van der Waals surface area contributed by atoms with Crippen LogP contribution in [0.3, 0.4) is 0 Å². The summed E-state index contributed by atoms with van der Waals surface area (Å²) in [7, 11) is 2.07. The smallest absolute Gasteiger partial charge is 0.422 e. The zero-order valence-corrected chi connectivity index (χ0v) is 11.4. The maximum absolute atomic E-state index is 12.0. The number of nitrogens with one attached hydrogen (secondary N) is 1. The first kappa shape index (κ1) is 14.9. The highest BCUT2D eigenvalue weighted by Gasteiger charge is 2.29. The van der Waals surface area contributed by atoms with Gasteiger partial charge in [0.1, 0.15) is 0 Å². The van der Waals surface area contributed by atoms with Crippen LogP contribution >= 0.6 is 0 Å². The molecule has 1 fully saturated rings. The van der Waals surface area contributed by atoms with E-state index in [1.165, 1.54) is 12.3 Å². The quantitative estimate of drug-likeness (QED) is 0.924. The number of likely N-dealkylation sites (tertiary alicyclic amines) is 1. The molecule has 0 amide bonds. The molecule has 1 saturated heterocycles. The van der Waals surface area contributed by atoms with E-state index in [4.69, 9.17) is 0 Å². The number of pyridine rings is 1. The van der Waals surface area contributed by atoms with Crippen LogP contribution < -0.4 is 10.1 Å². The molecule has 20 heavy (non-hydrogen) atoms. The predicted molar refractivity (Wildman–Crippen MR) is 69.9 cm³/mol. The van der Waals surface area contributed by atoms with Crippen LogP contribution in [0, 0.1) is 0 Å². The minimum absolute atomic E-state index is 0.0233. The number of likely N-dealkylation sites (N-methyl/N-ethyl adjacent to an activating group) is 1. The van der Waals surface area contributed by atoms with Crippen molar-refractivity contribution in [3.63, 3.8) is 0 Å². The standard InChI is InChI=1S/C13H18F3N3O/c1-9-5-11(7-19(9)2)18-10-3-4-12(17-6-10)20-8-13(14,15)16/h3-4,6,9,11,18H,5,7-8H2,1-2H3. The Labute approximate surface area is 115 Å². The SMILES string of the molecule is CC1CC(Nc2ccc(OCC(F)(F)F)nc2)CN1C. The molecular formula is C13H18F3N3O. The molecule has 0 radical (unpaired) electrons. The molecule has 1 aliphatic rings. The van der Waals surface area contributed by atoms with Gasteiger partial charge in [0.25, 0.3) is 0 Å². The summed E-state index contributed by atoms with van der Waals surface area (Å²) in [6.07, 6.45) is -1.82. The number of alkyl halides is 3. The Hall–Kier alpha value is -1.50. The molecule has 2 heterocycles. The summed E-state index contributed by atoms with van der Waals surface area (Å²) in [5.41, 5.74) is 0.789. The van der Waals surface area contributed by atoms with Gasteiger partial charge >= 0.3 is 6.18 Å². The van der Waals surface area contributed by atoms with Crippen LogP contribution in [-0.4, -0.2) is 48.3 Å². The van der Waals surface area contributed by atoms with Crippen LogP contribution in [0.5, 0.6) is 5.88 Å². The Balaban J connectivity index is 1.86. The van der Waals surface area contributed by atoms with Crippen molar-refractivity contribution in [2.75, 3.05) is 25.5 Å². The number of nitrogens with zero attached hydrogens (tertiary/aromatic N) is 2. The van der Waals surface area contributed by atoms with Crippen LogP contribution in [-0.2, 0) is 0 Å². The molecule has 1 aromatic heterocycles. The maximum atomic E-state index is 12.0. The molecule has 0 aliphatic carbocycles. The van der Waals surface area contributed by atoms with Gasteiger partial charge in [-0.2, -0.15) is 13.2 Å². The van der Waals surface area contributed by atoms with E-state index in [0.29, 0.717) is 12.1 Å². The second-order valence-corrected chi connectivity index (χ2v) is 5.15. The maximum Gasteiger partial charge on any atom is 0.422 e. The fraction of sp³-hybridized carbons (Fsp3) is 0.615. The van der Waals surface area contributed by atoms with Crippen LogP contribution in [0.1, 0.15) is 13.3 Å². The summed E-state index contributed by atoms with van der Waals surface area (Å²) >= 11 is 0. The average Bonchev–Trinajstić information content (AvgIpc) is 2.66. The van der Waals surface area contributed by atoms with Gasteiger partial charge in [0.05, 0.1) is 11.9 Å². The molecule has 2 unspecified atom stereocenters. The Morgan fingerprint density at radius 1 is 1.45 bits per heavy atom. The lowest BCUT2D eigenvalue weighted by molar-refractivity contribution is -0.154. The minimum Gasteiger partial charge on any atom is -0.468 e. The third-order valence-corrected chi connectivity index (χ3v) is 3.38. The molecule has 0 bridgehead atoms. The number of hydrogen-bond donors (Lipinski definition) is 1. The molecule has 0 saturated carbocycles. The van der Waals surface area contributed by atoms with E-state index in [-0.39, 0.29) is 5.88 Å². The third-order valence-electron chi connectivity index (χ3n) is 3.38. The van der Waals surface area contributed by atoms with Crippen molar-refractivity contribution in [2.45, 2.75) is 31.6 Å². The average molecular weight is 289 g/mol. The van der Waals surface area contributed by atoms with Gasteiger partial charge in [0, 0.05) is 24.7 Å². The molecule has 2 atom stereocenters. The molecule has 4 nitrogen and oxygen atoms in total. The Morgan fingerprint density at radius 3 is 2.70 bits per heavy atom. The van der Waals surface area contributed by atoms with Crippen molar-refractivity contribution < 1.29 is 17.9 Å². The second kappa shape index (κ2) is 5.87. The summed E-state index contributed by atoms with van der Waals surface area (Å²) in [6.45, 7) is 1.78. The zero-order chi connectivity index (χ0) is 14.8. The predicted octanol–water partition coefficient (Wildman–Crippen LogP) is 2.53. The summed E-state index contributed by atoms with van der Waals surface area (Å²) < 4.78 is 40.5. The largest absolute Gasteiger partial charge is 0.468 e. The monoisotopic (exact) mass is 289 g/mol. The molecule has 1 N–H and O–H groups in total. The first-order valence-corrected chi connectivity index (χ1v) is 6.46. The molecule has 7 heteroatoms. The summed E-state index contributed by atoms with van der Waals surface area (Å²) in [5, 5.41) is 3.32. The first-order chi connectivity index (χ1) is 9.33. The highest BCUT2D eigenvalue weighted by atomic mass is 19.4. The number of halogens is 3. The van der Waals surface area contributed by atoms with Crippen LogP contribution in [0.4, 0.5) is 18.9 Å². The lowest BCUT2D eigenvalue weighted by atomic mass is 10.2. The van der Waals surface area contributed by atoms with Gasteiger partial charge in [0.15, 0.2) is 6.61 Å². The minimum atomic E-state index is -4.34. The number of anilines is 1. The van der Waals surface area contributed by atoms with E-state index in [1.807, 2.05) is 0 Å². The molecule has 112 valence electrons. The summed E-state index contributed by atoms with van der Waals surface area (Å²) in [4.78, 5) is 6.12. The Bertz CT molecular complexity index is 425. The normalized spacial score (nSPS) is 23.9. The second-order valence-electron chi connectivity index (χ2n) is 5.15. The highest BCUT2D eigenvalue weighted by molar-refractivity contribution is 5.43. The summed E-state index contributed by atoms with van der Waals surface area (Å²) in [6, 6.07) is 3.98. The van der Waals surface area contributed by atoms with Gasteiger partial charge in [-0.1, -0.05) is 0 Å². The van der Waals surface area contributed by atoms with E-state index in [0.717, 1.165) is 18.7 Å². The Kier molecular flexibility index (Phi) is 4.37. The lowest BCUT2D eigenvalue weighted by Gasteiger charge is -2.14. The molecule has 1 aliphatic heterocycles. The first-order valence-electron chi connectivity index (χ1n) is 6.46. The van der Waals surface area contributed by atoms with Crippen molar-refractivity contribution >= 4 is 5.69 Å². The van der Waals surface area contributed by atoms with E-state index in [9.17, 15) is 13.2 Å². The number of rotatable bonds is 4. The van der Waals surface area contributed by atoms with Crippen molar-refractivity contribution in [1.82, 2.24) is 9.88 Å². The van der Waals surface area contributed by atoms with Crippen molar-refractivity contribution in [3.8, 4) is 5.88 Å². The molecule has 0 spiro atoms. The van der Waals surface area contributed by atoms with Gasteiger partial charge < -0.3 is 15.0 Å². The van der Waals surface area contributed by atoms with Gasteiger partial charge in [-0.15, -0.1) is 0 Å². The fourth-order valence-corrected chi connectivity index (χ4v) is 2.24. The highest BCUT2D eigenvalue weighted by Crippen LogP contribution is 2.21. The molecule has 2 rings (SSSR count). The number of aromatic nitrogens is 1. The molecule has 0 aromatic carbocycles. The van der Waals surface area contributed by atoms with Crippen molar-refractivity contribution in [2.24, 2.45) is 0 Å².